The zero-order valence-corrected chi connectivity index (χ0v) is 13.2. The van der Waals surface area contributed by atoms with Gasteiger partial charge in [0.1, 0.15) is 0 Å². The molecule has 1 aromatic carbocycles. The molecule has 0 bridgehead atoms. The summed E-state index contributed by atoms with van der Waals surface area (Å²) in [4.78, 5) is 0. The highest BCUT2D eigenvalue weighted by Crippen LogP contribution is 2.29. The molecule has 5 nitrogen and oxygen atoms in total. The van der Waals surface area contributed by atoms with Crippen molar-refractivity contribution in [1.82, 2.24) is 14.3 Å². The number of benzene rings is 1. The lowest BCUT2D eigenvalue weighted by Crippen LogP contribution is -2.53. The van der Waals surface area contributed by atoms with Crippen molar-refractivity contribution in [1.29, 1.82) is 0 Å². The zero-order chi connectivity index (χ0) is 14.8. The average molecular weight is 318 g/mol. The number of nitrogens with zero attached hydrogens (tertiary/aromatic N) is 1. The lowest BCUT2D eigenvalue weighted by molar-refractivity contribution is 0.267. The standard InChI is InChI=1S/C13H20ClN3O2S/c1-10(2)16-20(18,19)17-8-7-15-9-13(17)11-5-3-4-6-12(11)14/h3-6,10,13,15-16H,7-9H2,1-2H3. The summed E-state index contributed by atoms with van der Waals surface area (Å²) in [5, 5.41) is 3.81. The van der Waals surface area contributed by atoms with Crippen molar-refractivity contribution in [3.8, 4) is 0 Å². The first-order chi connectivity index (χ1) is 9.42. The predicted molar refractivity (Wildman–Crippen MR) is 81.0 cm³/mol. The maximum Gasteiger partial charge on any atom is 0.280 e. The van der Waals surface area contributed by atoms with Gasteiger partial charge in [-0.1, -0.05) is 29.8 Å². The second-order valence-corrected chi connectivity index (χ2v) is 7.19. The molecule has 0 amide bonds. The molecule has 0 saturated carbocycles. The SMILES string of the molecule is CC(C)NS(=O)(=O)N1CCNCC1c1ccccc1Cl. The molecule has 1 aliphatic heterocycles. The van der Waals surface area contributed by atoms with Crippen molar-refractivity contribution in [2.75, 3.05) is 19.6 Å². The van der Waals surface area contributed by atoms with Gasteiger partial charge in [0.2, 0.25) is 0 Å². The van der Waals surface area contributed by atoms with Crippen LogP contribution in [-0.4, -0.2) is 38.4 Å². The molecule has 0 aliphatic carbocycles. The molecule has 1 saturated heterocycles. The molecular weight excluding hydrogens is 298 g/mol. The predicted octanol–water partition coefficient (Wildman–Crippen LogP) is 1.53. The Hall–Kier alpha value is -0.660. The lowest BCUT2D eigenvalue weighted by atomic mass is 10.1. The minimum atomic E-state index is -3.51. The number of halogens is 1. The summed E-state index contributed by atoms with van der Waals surface area (Å²) in [5.74, 6) is 0. The zero-order valence-electron chi connectivity index (χ0n) is 11.6. The van der Waals surface area contributed by atoms with Crippen LogP contribution >= 0.6 is 11.6 Å². The normalized spacial score (nSPS) is 21.3. The van der Waals surface area contributed by atoms with Crippen LogP contribution in [0.2, 0.25) is 5.02 Å². The van der Waals surface area contributed by atoms with Crippen LogP contribution in [0.15, 0.2) is 24.3 Å². The monoisotopic (exact) mass is 317 g/mol. The molecule has 20 heavy (non-hydrogen) atoms. The molecular formula is C13H20ClN3O2S. The second-order valence-electron chi connectivity index (χ2n) is 5.13. The van der Waals surface area contributed by atoms with Crippen LogP contribution in [0.4, 0.5) is 0 Å². The van der Waals surface area contributed by atoms with Gasteiger partial charge in [0.25, 0.3) is 10.2 Å². The summed E-state index contributed by atoms with van der Waals surface area (Å²) in [6.45, 7) is 5.25. The van der Waals surface area contributed by atoms with Gasteiger partial charge in [0.15, 0.2) is 0 Å². The molecule has 1 aliphatic rings. The van der Waals surface area contributed by atoms with Gasteiger partial charge in [0, 0.05) is 30.7 Å². The first-order valence-corrected chi connectivity index (χ1v) is 8.48. The van der Waals surface area contributed by atoms with Gasteiger partial charge in [0.05, 0.1) is 6.04 Å². The highest BCUT2D eigenvalue weighted by atomic mass is 35.5. The van der Waals surface area contributed by atoms with E-state index in [2.05, 4.69) is 10.0 Å². The summed E-state index contributed by atoms with van der Waals surface area (Å²) in [7, 11) is -3.51. The van der Waals surface area contributed by atoms with E-state index >= 15 is 0 Å². The van der Waals surface area contributed by atoms with Gasteiger partial charge in [-0.05, 0) is 25.5 Å². The van der Waals surface area contributed by atoms with Crippen LogP contribution in [-0.2, 0) is 10.2 Å². The Bertz CT molecular complexity index is 562. The van der Waals surface area contributed by atoms with Gasteiger partial charge in [-0.2, -0.15) is 17.4 Å². The van der Waals surface area contributed by atoms with E-state index in [1.807, 2.05) is 32.0 Å². The molecule has 0 radical (unpaired) electrons. The fourth-order valence-corrected chi connectivity index (χ4v) is 4.20. The third-order valence-corrected chi connectivity index (χ3v) is 5.32. The van der Waals surface area contributed by atoms with Gasteiger partial charge < -0.3 is 5.32 Å². The van der Waals surface area contributed by atoms with E-state index in [9.17, 15) is 8.42 Å². The van der Waals surface area contributed by atoms with Crippen LogP contribution in [0, 0.1) is 0 Å². The molecule has 0 spiro atoms. The van der Waals surface area contributed by atoms with E-state index in [1.165, 1.54) is 4.31 Å². The molecule has 1 heterocycles. The van der Waals surface area contributed by atoms with Crippen molar-refractivity contribution >= 4 is 21.8 Å². The third kappa shape index (κ3) is 3.51. The third-order valence-electron chi connectivity index (χ3n) is 3.15. The van der Waals surface area contributed by atoms with Crippen LogP contribution in [0.25, 0.3) is 0 Å². The van der Waals surface area contributed by atoms with E-state index in [4.69, 9.17) is 11.6 Å². The molecule has 7 heteroatoms. The van der Waals surface area contributed by atoms with E-state index in [-0.39, 0.29) is 12.1 Å². The average Bonchev–Trinajstić information content (AvgIpc) is 2.38. The summed E-state index contributed by atoms with van der Waals surface area (Å²) in [6.07, 6.45) is 0. The number of nitrogens with one attached hydrogen (secondary N) is 2. The Balaban J connectivity index is 2.33. The molecule has 1 aromatic rings. The maximum atomic E-state index is 12.4. The number of hydrogen-bond acceptors (Lipinski definition) is 3. The maximum absolute atomic E-state index is 12.4. The molecule has 112 valence electrons. The largest absolute Gasteiger partial charge is 0.313 e. The molecule has 0 aromatic heterocycles. The van der Waals surface area contributed by atoms with Crippen LogP contribution in [0.5, 0.6) is 0 Å². The minimum absolute atomic E-state index is 0.137. The molecule has 1 unspecified atom stereocenters. The van der Waals surface area contributed by atoms with Crippen LogP contribution in [0.3, 0.4) is 0 Å². The molecule has 1 atom stereocenters. The van der Waals surface area contributed by atoms with Crippen molar-refractivity contribution in [2.45, 2.75) is 25.9 Å². The Morgan fingerprint density at radius 1 is 1.40 bits per heavy atom. The van der Waals surface area contributed by atoms with Gasteiger partial charge in [-0.25, -0.2) is 0 Å². The summed E-state index contributed by atoms with van der Waals surface area (Å²) in [5.41, 5.74) is 0.829. The number of piperazine rings is 1. The Morgan fingerprint density at radius 3 is 2.75 bits per heavy atom. The quantitative estimate of drug-likeness (QED) is 0.885. The van der Waals surface area contributed by atoms with E-state index in [0.717, 1.165) is 5.56 Å². The number of hydrogen-bond donors (Lipinski definition) is 2. The minimum Gasteiger partial charge on any atom is -0.313 e. The van der Waals surface area contributed by atoms with E-state index < -0.39 is 10.2 Å². The van der Waals surface area contributed by atoms with E-state index in [0.29, 0.717) is 24.7 Å². The molecule has 1 fully saturated rings. The van der Waals surface area contributed by atoms with Crippen molar-refractivity contribution in [3.63, 3.8) is 0 Å². The van der Waals surface area contributed by atoms with E-state index in [1.54, 1.807) is 6.07 Å². The van der Waals surface area contributed by atoms with Gasteiger partial charge >= 0.3 is 0 Å². The topological polar surface area (TPSA) is 61.4 Å². The van der Waals surface area contributed by atoms with Crippen LogP contribution < -0.4 is 10.0 Å². The molecule has 2 rings (SSSR count). The number of rotatable bonds is 4. The van der Waals surface area contributed by atoms with Crippen molar-refractivity contribution in [3.05, 3.63) is 34.9 Å². The van der Waals surface area contributed by atoms with Crippen LogP contribution in [0.1, 0.15) is 25.5 Å². The molecule has 2 N–H and O–H groups in total. The van der Waals surface area contributed by atoms with Gasteiger partial charge in [-0.15, -0.1) is 0 Å². The summed E-state index contributed by atoms with van der Waals surface area (Å²) >= 11 is 6.21. The summed E-state index contributed by atoms with van der Waals surface area (Å²) in [6, 6.07) is 6.95. The summed E-state index contributed by atoms with van der Waals surface area (Å²) < 4.78 is 29.0. The Labute approximate surface area is 125 Å². The highest BCUT2D eigenvalue weighted by molar-refractivity contribution is 7.87. The first kappa shape index (κ1) is 15.7. The lowest BCUT2D eigenvalue weighted by Gasteiger charge is -2.36. The highest BCUT2D eigenvalue weighted by Gasteiger charge is 2.34. The van der Waals surface area contributed by atoms with Crippen molar-refractivity contribution < 1.29 is 8.42 Å². The first-order valence-electron chi connectivity index (χ1n) is 6.66. The smallest absolute Gasteiger partial charge is 0.280 e. The van der Waals surface area contributed by atoms with Gasteiger partial charge in [-0.3, -0.25) is 0 Å². The fraction of sp³-hybridized carbons (Fsp3) is 0.538. The van der Waals surface area contributed by atoms with Crippen molar-refractivity contribution in [2.24, 2.45) is 0 Å². The fourth-order valence-electron chi connectivity index (χ4n) is 2.35. The Kier molecular flexibility index (Phi) is 5.04. The second kappa shape index (κ2) is 6.41. The Morgan fingerprint density at radius 2 is 2.10 bits per heavy atom.